The van der Waals surface area contributed by atoms with E-state index >= 15 is 0 Å². The van der Waals surface area contributed by atoms with Crippen molar-refractivity contribution in [3.8, 4) is 5.75 Å². The van der Waals surface area contributed by atoms with Gasteiger partial charge in [0.1, 0.15) is 0 Å². The fourth-order valence-corrected chi connectivity index (χ4v) is 2.83. The van der Waals surface area contributed by atoms with Gasteiger partial charge in [0.15, 0.2) is 11.6 Å². The second-order valence-electron chi connectivity index (χ2n) is 3.91. The monoisotopic (exact) mass is 315 g/mol. The van der Waals surface area contributed by atoms with Gasteiger partial charge in [-0.15, -0.1) is 0 Å². The summed E-state index contributed by atoms with van der Waals surface area (Å²) in [5, 5.41) is 0.395. The van der Waals surface area contributed by atoms with Crippen molar-refractivity contribution in [3.05, 3.63) is 53.3 Å². The molecule has 0 saturated carbocycles. The zero-order valence-electron chi connectivity index (χ0n) is 10.4. The van der Waals surface area contributed by atoms with Crippen LogP contribution in [0.3, 0.4) is 0 Å². The quantitative estimate of drug-likeness (QED) is 0.942. The van der Waals surface area contributed by atoms with Gasteiger partial charge in [-0.05, 0) is 36.4 Å². The van der Waals surface area contributed by atoms with Crippen molar-refractivity contribution < 1.29 is 17.5 Å². The molecule has 4 nitrogen and oxygen atoms in total. The normalized spacial score (nSPS) is 11.2. The first kappa shape index (κ1) is 14.6. The molecule has 0 radical (unpaired) electrons. The van der Waals surface area contributed by atoms with Crippen LogP contribution in [0.2, 0.25) is 5.02 Å². The summed E-state index contributed by atoms with van der Waals surface area (Å²) in [5.41, 5.74) is 0.300. The van der Waals surface area contributed by atoms with Gasteiger partial charge in [-0.3, -0.25) is 4.72 Å². The van der Waals surface area contributed by atoms with E-state index in [9.17, 15) is 12.8 Å². The van der Waals surface area contributed by atoms with E-state index in [-0.39, 0.29) is 10.6 Å². The molecule has 0 amide bonds. The van der Waals surface area contributed by atoms with Crippen molar-refractivity contribution in [1.82, 2.24) is 0 Å². The number of anilines is 1. The van der Waals surface area contributed by atoms with E-state index < -0.39 is 15.8 Å². The van der Waals surface area contributed by atoms with E-state index in [2.05, 4.69) is 4.72 Å². The average Bonchev–Trinajstić information content (AvgIpc) is 2.38. The predicted molar refractivity (Wildman–Crippen MR) is 75.2 cm³/mol. The number of benzene rings is 2. The van der Waals surface area contributed by atoms with Crippen LogP contribution in [0.1, 0.15) is 0 Å². The summed E-state index contributed by atoms with van der Waals surface area (Å²) in [6.45, 7) is 0. The van der Waals surface area contributed by atoms with Crippen LogP contribution in [0, 0.1) is 5.82 Å². The summed E-state index contributed by atoms with van der Waals surface area (Å²) < 4.78 is 44.8. The third-order valence-electron chi connectivity index (χ3n) is 2.51. The molecule has 0 atom stereocenters. The highest BCUT2D eigenvalue weighted by Crippen LogP contribution is 2.23. The molecule has 0 unspecified atom stereocenters. The SMILES string of the molecule is COc1ccc(S(=O)(=O)Nc2cccc(Cl)c2)cc1F. The molecule has 0 aromatic heterocycles. The molecule has 7 heteroatoms. The second-order valence-corrected chi connectivity index (χ2v) is 6.03. The summed E-state index contributed by atoms with van der Waals surface area (Å²) in [7, 11) is -2.58. The summed E-state index contributed by atoms with van der Waals surface area (Å²) in [4.78, 5) is -0.198. The zero-order valence-corrected chi connectivity index (χ0v) is 12.0. The molecule has 2 aromatic rings. The number of rotatable bonds is 4. The van der Waals surface area contributed by atoms with E-state index in [1.807, 2.05) is 0 Å². The van der Waals surface area contributed by atoms with Crippen LogP contribution in [0.5, 0.6) is 5.75 Å². The molecular weight excluding hydrogens is 305 g/mol. The molecule has 106 valence electrons. The second kappa shape index (κ2) is 5.68. The van der Waals surface area contributed by atoms with Crippen molar-refractivity contribution in [3.63, 3.8) is 0 Å². The van der Waals surface area contributed by atoms with Gasteiger partial charge in [-0.1, -0.05) is 17.7 Å². The maximum absolute atomic E-state index is 13.5. The molecule has 0 aliphatic heterocycles. The lowest BCUT2D eigenvalue weighted by molar-refractivity contribution is 0.385. The van der Waals surface area contributed by atoms with Gasteiger partial charge >= 0.3 is 0 Å². The molecule has 1 N–H and O–H groups in total. The number of methoxy groups -OCH3 is 1. The summed E-state index contributed by atoms with van der Waals surface area (Å²) in [6, 6.07) is 9.63. The highest BCUT2D eigenvalue weighted by molar-refractivity contribution is 7.92. The zero-order chi connectivity index (χ0) is 14.8. The predicted octanol–water partition coefficient (Wildman–Crippen LogP) is 3.29. The first-order valence-electron chi connectivity index (χ1n) is 5.54. The molecule has 0 fully saturated rings. The Morgan fingerprint density at radius 2 is 1.95 bits per heavy atom. The first-order valence-corrected chi connectivity index (χ1v) is 7.40. The van der Waals surface area contributed by atoms with Gasteiger partial charge in [0.05, 0.1) is 17.7 Å². The minimum absolute atomic E-state index is 0.0216. The van der Waals surface area contributed by atoms with Gasteiger partial charge in [0, 0.05) is 5.02 Å². The number of halogens is 2. The lowest BCUT2D eigenvalue weighted by atomic mass is 10.3. The smallest absolute Gasteiger partial charge is 0.262 e. The van der Waals surface area contributed by atoms with Gasteiger partial charge in [-0.25, -0.2) is 12.8 Å². The molecule has 0 bridgehead atoms. The van der Waals surface area contributed by atoms with Crippen molar-refractivity contribution >= 4 is 27.3 Å². The first-order chi connectivity index (χ1) is 9.42. The van der Waals surface area contributed by atoms with Gasteiger partial charge in [-0.2, -0.15) is 0 Å². The van der Waals surface area contributed by atoms with Crippen molar-refractivity contribution in [1.29, 1.82) is 0 Å². The molecule has 20 heavy (non-hydrogen) atoms. The lowest BCUT2D eigenvalue weighted by Crippen LogP contribution is -2.13. The van der Waals surface area contributed by atoms with Gasteiger partial charge in [0.25, 0.3) is 10.0 Å². The van der Waals surface area contributed by atoms with Gasteiger partial charge < -0.3 is 4.74 Å². The van der Waals surface area contributed by atoms with E-state index in [0.717, 1.165) is 6.07 Å². The molecule has 0 heterocycles. The largest absolute Gasteiger partial charge is 0.494 e. The molecular formula is C13H11ClFNO3S. The Hall–Kier alpha value is -1.79. The fraction of sp³-hybridized carbons (Fsp3) is 0.0769. The lowest BCUT2D eigenvalue weighted by Gasteiger charge is -2.09. The van der Waals surface area contributed by atoms with Crippen molar-refractivity contribution in [2.75, 3.05) is 11.8 Å². The van der Waals surface area contributed by atoms with Crippen LogP contribution in [0.4, 0.5) is 10.1 Å². The Bertz CT molecular complexity index is 734. The summed E-state index contributed by atoms with van der Waals surface area (Å²) in [6.07, 6.45) is 0. The Balaban J connectivity index is 2.33. The van der Waals surface area contributed by atoms with Crippen LogP contribution in [-0.4, -0.2) is 15.5 Å². The number of sulfonamides is 1. The topological polar surface area (TPSA) is 55.4 Å². The van der Waals surface area contributed by atoms with Crippen LogP contribution in [0.25, 0.3) is 0 Å². The number of hydrogen-bond donors (Lipinski definition) is 1. The van der Waals surface area contributed by atoms with Crippen molar-refractivity contribution in [2.45, 2.75) is 4.90 Å². The Morgan fingerprint density at radius 1 is 1.20 bits per heavy atom. The van der Waals surface area contributed by atoms with Crippen LogP contribution >= 0.6 is 11.6 Å². The summed E-state index contributed by atoms with van der Waals surface area (Å²) >= 11 is 5.77. The molecule has 0 aliphatic rings. The fourth-order valence-electron chi connectivity index (χ4n) is 1.58. The van der Waals surface area contributed by atoms with Crippen LogP contribution in [0.15, 0.2) is 47.4 Å². The average molecular weight is 316 g/mol. The minimum atomic E-state index is -3.88. The Morgan fingerprint density at radius 3 is 2.55 bits per heavy atom. The molecule has 0 saturated heterocycles. The molecule has 2 rings (SSSR count). The number of nitrogens with one attached hydrogen (secondary N) is 1. The maximum Gasteiger partial charge on any atom is 0.262 e. The molecule has 2 aromatic carbocycles. The molecule has 0 aliphatic carbocycles. The minimum Gasteiger partial charge on any atom is -0.494 e. The van der Waals surface area contributed by atoms with E-state index in [1.165, 1.54) is 25.3 Å². The van der Waals surface area contributed by atoms with Crippen LogP contribution < -0.4 is 9.46 Å². The van der Waals surface area contributed by atoms with Crippen molar-refractivity contribution in [2.24, 2.45) is 0 Å². The van der Waals surface area contributed by atoms with Crippen LogP contribution in [-0.2, 0) is 10.0 Å². The Kier molecular flexibility index (Phi) is 4.15. The van der Waals surface area contributed by atoms with Gasteiger partial charge in [0.2, 0.25) is 0 Å². The highest BCUT2D eigenvalue weighted by Gasteiger charge is 2.16. The summed E-state index contributed by atoms with van der Waals surface area (Å²) in [5.74, 6) is -0.770. The van der Waals surface area contributed by atoms with E-state index in [4.69, 9.17) is 16.3 Å². The third kappa shape index (κ3) is 3.20. The Labute approximate surface area is 121 Å². The van der Waals surface area contributed by atoms with E-state index in [1.54, 1.807) is 18.2 Å². The number of ether oxygens (including phenoxy) is 1. The third-order valence-corrected chi connectivity index (χ3v) is 4.12. The highest BCUT2D eigenvalue weighted by atomic mass is 35.5. The standard InChI is InChI=1S/C13H11ClFNO3S/c1-19-13-6-5-11(8-12(13)15)20(17,18)16-10-4-2-3-9(14)7-10/h2-8,16H,1H3. The number of hydrogen-bond acceptors (Lipinski definition) is 3. The molecule has 0 spiro atoms. The maximum atomic E-state index is 13.5. The van der Waals surface area contributed by atoms with E-state index in [0.29, 0.717) is 10.7 Å².